The highest BCUT2D eigenvalue weighted by molar-refractivity contribution is 6.32. The van der Waals surface area contributed by atoms with Gasteiger partial charge in [-0.1, -0.05) is 71.7 Å². The van der Waals surface area contributed by atoms with Crippen LogP contribution in [0.2, 0.25) is 10.0 Å². The first-order valence-electron chi connectivity index (χ1n) is 11.1. The highest BCUT2D eigenvalue weighted by Crippen LogP contribution is 2.28. The number of aromatic nitrogens is 2. The van der Waals surface area contributed by atoms with Gasteiger partial charge in [0, 0.05) is 28.3 Å². The summed E-state index contributed by atoms with van der Waals surface area (Å²) in [7, 11) is 0. The predicted molar refractivity (Wildman–Crippen MR) is 140 cm³/mol. The molecule has 6 nitrogen and oxygen atoms in total. The number of halogens is 2. The zero-order chi connectivity index (χ0) is 24.9. The van der Waals surface area contributed by atoms with Crippen molar-refractivity contribution in [2.45, 2.75) is 19.9 Å². The molecule has 0 bridgehead atoms. The molecule has 0 atom stereocenters. The lowest BCUT2D eigenvalue weighted by molar-refractivity contribution is -0.117. The maximum atomic E-state index is 13.1. The first kappa shape index (κ1) is 24.5. The van der Waals surface area contributed by atoms with Crippen LogP contribution in [0.5, 0.6) is 0 Å². The summed E-state index contributed by atoms with van der Waals surface area (Å²) < 4.78 is 1.60. The van der Waals surface area contributed by atoms with Crippen LogP contribution >= 0.6 is 23.2 Å². The highest BCUT2D eigenvalue weighted by Gasteiger charge is 2.23. The van der Waals surface area contributed by atoms with Gasteiger partial charge in [-0.2, -0.15) is 5.10 Å². The molecule has 35 heavy (non-hydrogen) atoms. The summed E-state index contributed by atoms with van der Waals surface area (Å²) in [5.74, 6) is -0.190. The summed E-state index contributed by atoms with van der Waals surface area (Å²) in [5.41, 5.74) is 2.62. The van der Waals surface area contributed by atoms with E-state index in [9.17, 15) is 9.59 Å². The minimum atomic E-state index is -0.359. The first-order chi connectivity index (χ1) is 16.8. The van der Waals surface area contributed by atoms with Crippen LogP contribution in [0.15, 0.2) is 84.9 Å². The Balaban J connectivity index is 1.63. The van der Waals surface area contributed by atoms with Gasteiger partial charge in [-0.25, -0.2) is 4.68 Å². The smallest absolute Gasteiger partial charge is 0.254 e. The van der Waals surface area contributed by atoms with Crippen LogP contribution in [0.1, 0.15) is 24.2 Å². The molecule has 0 aliphatic carbocycles. The Morgan fingerprint density at radius 3 is 2.34 bits per heavy atom. The Morgan fingerprint density at radius 2 is 1.66 bits per heavy atom. The number of hydrogen-bond donors (Lipinski definition) is 1. The van der Waals surface area contributed by atoms with Gasteiger partial charge in [0.15, 0.2) is 0 Å². The Labute approximate surface area is 214 Å². The summed E-state index contributed by atoms with van der Waals surface area (Å²) in [5, 5.41) is 8.56. The molecule has 1 aromatic heterocycles. The van der Waals surface area contributed by atoms with E-state index < -0.39 is 0 Å². The minimum Gasteiger partial charge on any atom is -0.327 e. The molecule has 0 aliphatic heterocycles. The number of nitrogens with one attached hydrogen (secondary N) is 1. The van der Waals surface area contributed by atoms with Crippen molar-refractivity contribution >= 4 is 40.8 Å². The molecule has 0 aliphatic rings. The average Bonchev–Trinajstić information content (AvgIpc) is 3.26. The third kappa shape index (κ3) is 5.73. The number of carbonyl (C=O) groups excluding carboxylic acids is 2. The van der Waals surface area contributed by atoms with Crippen LogP contribution < -0.4 is 5.32 Å². The topological polar surface area (TPSA) is 67.2 Å². The second-order valence-corrected chi connectivity index (χ2v) is 9.07. The molecule has 4 rings (SSSR count). The Bertz CT molecular complexity index is 1350. The van der Waals surface area contributed by atoms with E-state index >= 15 is 0 Å². The summed E-state index contributed by atoms with van der Waals surface area (Å²) in [4.78, 5) is 27.7. The van der Waals surface area contributed by atoms with E-state index in [2.05, 4.69) is 5.32 Å². The summed E-state index contributed by atoms with van der Waals surface area (Å²) in [6, 6.07) is 25.2. The largest absolute Gasteiger partial charge is 0.327 e. The van der Waals surface area contributed by atoms with Gasteiger partial charge in [0.1, 0.15) is 12.4 Å². The fourth-order valence-electron chi connectivity index (χ4n) is 3.64. The Kier molecular flexibility index (Phi) is 7.54. The molecule has 0 unspecified atom stereocenters. The van der Waals surface area contributed by atoms with Crippen LogP contribution in [0.25, 0.3) is 16.9 Å². The standard InChI is InChI=1S/C27H24Cl2N4O2/c1-18(2)32(27(35)20-11-8-12-21(28)15-20)17-26(34)30-25-16-23(19-9-4-3-5-10-19)31-33(25)24-14-7-6-13-22(24)29/h3-16,18H,17H2,1-2H3,(H,30,34). The number of para-hydroxylation sites is 1. The number of rotatable bonds is 7. The zero-order valence-electron chi connectivity index (χ0n) is 19.3. The third-order valence-corrected chi connectivity index (χ3v) is 5.95. The molecule has 0 spiro atoms. The van der Waals surface area contributed by atoms with E-state index in [0.717, 1.165) is 5.56 Å². The SMILES string of the molecule is CC(C)N(CC(=O)Nc1cc(-c2ccccc2)nn1-c1ccccc1Cl)C(=O)c1cccc(Cl)c1. The van der Waals surface area contributed by atoms with Crippen molar-refractivity contribution in [1.29, 1.82) is 0 Å². The van der Waals surface area contributed by atoms with Crippen LogP contribution in [-0.2, 0) is 4.79 Å². The summed E-state index contributed by atoms with van der Waals surface area (Å²) in [6.07, 6.45) is 0. The van der Waals surface area contributed by atoms with Crippen LogP contribution in [0, 0.1) is 0 Å². The van der Waals surface area contributed by atoms with Crippen molar-refractivity contribution in [3.63, 3.8) is 0 Å². The Hall–Kier alpha value is -3.61. The normalized spacial score (nSPS) is 10.9. The van der Waals surface area contributed by atoms with Crippen molar-refractivity contribution in [2.24, 2.45) is 0 Å². The molecule has 1 heterocycles. The highest BCUT2D eigenvalue weighted by atomic mass is 35.5. The maximum Gasteiger partial charge on any atom is 0.254 e. The van der Waals surface area contributed by atoms with Gasteiger partial charge in [-0.3, -0.25) is 9.59 Å². The second-order valence-electron chi connectivity index (χ2n) is 8.23. The van der Waals surface area contributed by atoms with Crippen LogP contribution in [-0.4, -0.2) is 39.1 Å². The number of carbonyl (C=O) groups is 2. The fraction of sp³-hybridized carbons (Fsp3) is 0.148. The lowest BCUT2D eigenvalue weighted by Crippen LogP contribution is -2.42. The first-order valence-corrected chi connectivity index (χ1v) is 11.9. The van der Waals surface area contributed by atoms with Crippen molar-refractivity contribution < 1.29 is 9.59 Å². The molecule has 0 saturated heterocycles. The number of amides is 2. The fourth-order valence-corrected chi connectivity index (χ4v) is 4.05. The van der Waals surface area contributed by atoms with Gasteiger partial charge < -0.3 is 10.2 Å². The molecule has 178 valence electrons. The molecular formula is C27H24Cl2N4O2. The Morgan fingerprint density at radius 1 is 0.943 bits per heavy atom. The van der Waals surface area contributed by atoms with Gasteiger partial charge in [0.2, 0.25) is 5.91 Å². The molecule has 0 fully saturated rings. The van der Waals surface area contributed by atoms with Crippen molar-refractivity contribution in [3.05, 3.63) is 101 Å². The van der Waals surface area contributed by atoms with E-state index in [1.165, 1.54) is 4.90 Å². The number of nitrogens with zero attached hydrogens (tertiary/aromatic N) is 3. The van der Waals surface area contributed by atoms with Gasteiger partial charge in [-0.05, 0) is 44.2 Å². The number of anilines is 1. The summed E-state index contributed by atoms with van der Waals surface area (Å²) in [6.45, 7) is 3.58. The van der Waals surface area contributed by atoms with E-state index in [1.54, 1.807) is 41.1 Å². The molecule has 0 radical (unpaired) electrons. The lowest BCUT2D eigenvalue weighted by atomic mass is 10.1. The number of benzene rings is 3. The van der Waals surface area contributed by atoms with Crippen LogP contribution in [0.3, 0.4) is 0 Å². The molecule has 3 aromatic carbocycles. The van der Waals surface area contributed by atoms with E-state index in [4.69, 9.17) is 28.3 Å². The summed E-state index contributed by atoms with van der Waals surface area (Å²) >= 11 is 12.5. The molecular weight excluding hydrogens is 483 g/mol. The molecule has 1 N–H and O–H groups in total. The van der Waals surface area contributed by atoms with Gasteiger partial charge in [-0.15, -0.1) is 0 Å². The van der Waals surface area contributed by atoms with E-state index in [1.807, 2.05) is 62.4 Å². The molecule has 8 heteroatoms. The molecule has 2 amide bonds. The van der Waals surface area contributed by atoms with E-state index in [0.29, 0.717) is 32.8 Å². The number of hydrogen-bond acceptors (Lipinski definition) is 3. The molecule has 0 saturated carbocycles. The minimum absolute atomic E-state index is 0.141. The maximum absolute atomic E-state index is 13.1. The van der Waals surface area contributed by atoms with Gasteiger partial charge in [0.05, 0.1) is 16.4 Å². The van der Waals surface area contributed by atoms with E-state index in [-0.39, 0.29) is 24.4 Å². The third-order valence-electron chi connectivity index (χ3n) is 5.40. The second kappa shape index (κ2) is 10.8. The lowest BCUT2D eigenvalue weighted by Gasteiger charge is -2.26. The predicted octanol–water partition coefficient (Wildman–Crippen LogP) is 6.34. The van der Waals surface area contributed by atoms with Gasteiger partial charge >= 0.3 is 0 Å². The monoisotopic (exact) mass is 506 g/mol. The van der Waals surface area contributed by atoms with Gasteiger partial charge in [0.25, 0.3) is 5.91 Å². The van der Waals surface area contributed by atoms with Crippen molar-refractivity contribution in [2.75, 3.05) is 11.9 Å². The average molecular weight is 507 g/mol. The van der Waals surface area contributed by atoms with Crippen molar-refractivity contribution in [1.82, 2.24) is 14.7 Å². The zero-order valence-corrected chi connectivity index (χ0v) is 20.8. The van der Waals surface area contributed by atoms with Crippen LogP contribution in [0.4, 0.5) is 5.82 Å². The molecule has 4 aromatic rings. The van der Waals surface area contributed by atoms with Crippen molar-refractivity contribution in [3.8, 4) is 16.9 Å². The quantitative estimate of drug-likeness (QED) is 0.318.